The third-order valence-corrected chi connectivity index (χ3v) is 9.08. The second-order valence-electron chi connectivity index (χ2n) is 15.8. The number of nitrogens with zero attached hydrogens (tertiary/aromatic N) is 10. The molecule has 1 aromatic heterocycles. The summed E-state index contributed by atoms with van der Waals surface area (Å²) in [6.45, 7) is 24.6. The first kappa shape index (κ1) is 96.1. The predicted molar refractivity (Wildman–Crippen MR) is 321 cm³/mol. The molecule has 0 saturated carbocycles. The Labute approximate surface area is 593 Å². The van der Waals surface area contributed by atoms with E-state index in [1.807, 2.05) is 20.8 Å². The second kappa shape index (κ2) is 55.7. The van der Waals surface area contributed by atoms with E-state index in [4.69, 9.17) is 112 Å². The number of rotatable bonds is 18. The second-order valence-corrected chi connectivity index (χ2v) is 15.8. The molecular weight excluding hydrogens is 1310 g/mol. The smallest absolute Gasteiger partial charge is 0.545 e. The molecule has 0 atom stereocenters. The van der Waals surface area contributed by atoms with Crippen LogP contribution in [-0.4, -0.2) is 138 Å². The number of nitriles is 3. The molecule has 0 bridgehead atoms. The minimum absolute atomic E-state index is 0. The van der Waals surface area contributed by atoms with Crippen LogP contribution in [0.5, 0.6) is 0 Å². The molecule has 14 N–H and O–H groups in total. The summed E-state index contributed by atoms with van der Waals surface area (Å²) in [7, 11) is 0. The number of ether oxygens (including phenoxy) is 5. The molecule has 4 aromatic carbocycles. The Kier molecular flexibility index (Phi) is 55.2. The molecule has 97 heavy (non-hydrogen) atoms. The summed E-state index contributed by atoms with van der Waals surface area (Å²) in [6, 6.07) is 18.6. The van der Waals surface area contributed by atoms with Crippen molar-refractivity contribution in [1.82, 2.24) is 9.78 Å². The summed E-state index contributed by atoms with van der Waals surface area (Å²) in [5.41, 5.74) is 12.1. The zero-order chi connectivity index (χ0) is 73.9. The molecule has 1 heterocycles. The van der Waals surface area contributed by atoms with E-state index < -0.39 is 66.2 Å². The maximum Gasteiger partial charge on any atom is 1.00 e. The number of anilines is 3. The Bertz CT molecular complexity index is 3600. The standard InChI is InChI=1S/C12H8N4O4.C8H8N2O4.C8H4N2O4.C8H7NO4.C7H16O3.C6H6N2O.C4H6O3.C3H2N2.HNO2.2Na/c13-4-8-5-15-16(10(8)14)9-2-6(11(17)18)1-7(3-9)12(19)20;2*9-10-6-2-4(7(11)12)1-5(3-6)8(13)14;9-6-2-4(7(10)11)1-5(3-6)8(12)13;1-4-8-7(9-5-2)10-6-3;1-4-9-5-6(7-2)8-3;1-3(5)7-4(2)6;4-2-1-3-5;2-1-3;;/h1-3,5H,14H2,(H,17,18)(H,19,20);1-3,10H,9H2,(H,11,12)(H,13,14);1-3H,(H-,11,12,13,14);1-3H,9H2,(H,10,11)(H,12,13);7H,4-6H2,1-3H3;5H,4H2,1H3;1-2H3;1H2;(H,2,3);;/q;;;;;;;;;2*+1/p-1. The number of nitrogens with one attached hydrogen (secondary N) is 1. The Morgan fingerprint density at radius 1 is 0.629 bits per heavy atom. The number of carbonyl (C=O) groups is 10. The van der Waals surface area contributed by atoms with Gasteiger partial charge >= 0.3 is 124 Å². The Morgan fingerprint density at radius 2 is 0.969 bits per heavy atom. The van der Waals surface area contributed by atoms with Gasteiger partial charge in [-0.25, -0.2) is 38.2 Å². The largest absolute Gasteiger partial charge is 1.00 e. The number of esters is 2. The Balaban J connectivity index is -0.000000248. The molecule has 0 amide bonds. The number of benzene rings is 4. The summed E-state index contributed by atoms with van der Waals surface area (Å²) in [5, 5.41) is 117. The monoisotopic (exact) mass is 1370 g/mol. The van der Waals surface area contributed by atoms with Crippen molar-refractivity contribution in [2.24, 2.45) is 11.2 Å². The van der Waals surface area contributed by atoms with Gasteiger partial charge in [-0.2, -0.15) is 30.6 Å². The first-order chi connectivity index (χ1) is 44.7. The van der Waals surface area contributed by atoms with E-state index in [0.29, 0.717) is 26.4 Å². The summed E-state index contributed by atoms with van der Waals surface area (Å²) in [5.74, 6) is -6.32. The molecule has 0 radical (unpaired) electrons. The van der Waals surface area contributed by atoms with Gasteiger partial charge in [-0.3, -0.25) is 15.4 Å². The number of aromatic nitrogens is 2. The summed E-state index contributed by atoms with van der Waals surface area (Å²) >= 11 is 0. The Morgan fingerprint density at radius 3 is 1.23 bits per heavy atom. The first-order valence-corrected chi connectivity index (χ1v) is 25.2. The number of carboxylic acids is 8. The van der Waals surface area contributed by atoms with Crippen LogP contribution in [0.3, 0.4) is 0 Å². The van der Waals surface area contributed by atoms with Crippen molar-refractivity contribution in [2.45, 2.75) is 54.4 Å². The van der Waals surface area contributed by atoms with Gasteiger partial charge in [-0.15, -0.1) is 5.34 Å². The van der Waals surface area contributed by atoms with Gasteiger partial charge in [0.25, 0.3) is 6.48 Å². The fourth-order valence-corrected chi connectivity index (χ4v) is 5.42. The zero-order valence-corrected chi connectivity index (χ0v) is 56.4. The van der Waals surface area contributed by atoms with Crippen LogP contribution < -0.4 is 87.0 Å². The van der Waals surface area contributed by atoms with Crippen molar-refractivity contribution in [1.29, 1.82) is 21.2 Å². The third-order valence-electron chi connectivity index (χ3n) is 9.08. The molecule has 5 rings (SSSR count). The van der Waals surface area contributed by atoms with E-state index in [-0.39, 0.29) is 150 Å². The average Bonchev–Trinajstić information content (AvgIpc) is 1.75. The molecule has 502 valence electrons. The van der Waals surface area contributed by atoms with Gasteiger partial charge < -0.3 is 96.3 Å². The molecule has 41 heteroatoms. The summed E-state index contributed by atoms with van der Waals surface area (Å²) < 4.78 is 25.0. The van der Waals surface area contributed by atoms with Gasteiger partial charge in [0.05, 0.1) is 81.2 Å². The minimum Gasteiger partial charge on any atom is -0.545 e. The van der Waals surface area contributed by atoms with Crippen LogP contribution in [0, 0.1) is 62.6 Å². The normalized spacial score (nSPS) is 8.64. The number of hydrazine groups is 1. The molecule has 0 fully saturated rings. The van der Waals surface area contributed by atoms with Gasteiger partial charge in [0.1, 0.15) is 37.0 Å². The zero-order valence-electron chi connectivity index (χ0n) is 52.4. The van der Waals surface area contributed by atoms with E-state index in [2.05, 4.69) is 34.7 Å². The van der Waals surface area contributed by atoms with Gasteiger partial charge in [-0.05, 0) is 88.4 Å². The molecule has 0 saturated heterocycles. The number of aromatic carboxylic acids is 8. The maximum atomic E-state index is 11.0. The van der Waals surface area contributed by atoms with Crippen molar-refractivity contribution in [3.63, 3.8) is 0 Å². The van der Waals surface area contributed by atoms with E-state index in [1.54, 1.807) is 25.1 Å². The molecule has 0 aliphatic heterocycles. The van der Waals surface area contributed by atoms with Crippen LogP contribution in [0.15, 0.2) is 96.4 Å². The van der Waals surface area contributed by atoms with Crippen LogP contribution in [-0.2, 0) is 33.3 Å². The van der Waals surface area contributed by atoms with Crippen molar-refractivity contribution < 1.29 is 172 Å². The van der Waals surface area contributed by atoms with Crippen molar-refractivity contribution in [3.8, 4) is 23.9 Å². The van der Waals surface area contributed by atoms with E-state index in [0.717, 1.165) is 52.5 Å². The molecule has 5 aromatic rings. The molecule has 0 spiro atoms. The maximum absolute atomic E-state index is 11.0. The van der Waals surface area contributed by atoms with Crippen LogP contribution in [0.2, 0.25) is 0 Å². The summed E-state index contributed by atoms with van der Waals surface area (Å²) in [4.78, 5) is 121. The van der Waals surface area contributed by atoms with Crippen LogP contribution in [0.25, 0.3) is 20.4 Å². The van der Waals surface area contributed by atoms with Crippen molar-refractivity contribution in [2.75, 3.05) is 43.3 Å². The van der Waals surface area contributed by atoms with Crippen LogP contribution in [0.1, 0.15) is 136 Å². The molecule has 0 aliphatic rings. The summed E-state index contributed by atoms with van der Waals surface area (Å²) in [6.07, 6.45) is 2.36. The molecular formula is C56H57N14Na2O25+. The average molecular weight is 1370 g/mol. The fraction of sp³-hybridized carbons (Fsp3) is 0.214. The number of carboxylic acid groups (broad SMARTS) is 8. The number of hydrogen-bond acceptors (Lipinski definition) is 28. The molecule has 0 aliphatic carbocycles. The first-order valence-electron chi connectivity index (χ1n) is 25.2. The van der Waals surface area contributed by atoms with E-state index in [9.17, 15) is 53.1 Å². The van der Waals surface area contributed by atoms with Gasteiger partial charge in [0.15, 0.2) is 11.2 Å². The number of hydrogen-bond donors (Lipinski definition) is 11. The number of nitrogen functional groups attached to an aromatic ring is 3. The topological polar surface area (TPSA) is 650 Å². The van der Waals surface area contributed by atoms with Crippen molar-refractivity contribution >= 4 is 82.6 Å². The number of nitrogens with two attached hydrogens (primary N) is 3. The molecule has 39 nitrogen and oxygen atoms in total. The number of diazo groups is 1. The predicted octanol–water partition coefficient (Wildman–Crippen LogP) is -0.193. The third kappa shape index (κ3) is 43.5. The van der Waals surface area contributed by atoms with Gasteiger partial charge in [0.2, 0.25) is 5.39 Å². The molecule has 0 unspecified atom stereocenters. The minimum atomic E-state index is -1.53. The van der Waals surface area contributed by atoms with Crippen molar-refractivity contribution in [3.05, 3.63) is 179 Å². The van der Waals surface area contributed by atoms with Gasteiger partial charge in [-0.1, -0.05) is 0 Å². The van der Waals surface area contributed by atoms with E-state index in [1.165, 1.54) is 56.6 Å². The fourth-order valence-electron chi connectivity index (χ4n) is 5.42. The van der Waals surface area contributed by atoms with Crippen LogP contribution in [0.4, 0.5) is 22.9 Å². The van der Waals surface area contributed by atoms with Gasteiger partial charge in [0, 0.05) is 57.1 Å². The SMILES string of the molecule is CC(=O)OC(C)=O.CCOC(OCC)OCC.N#CCC#N.N#Cc1cnn(-c2cc(C(=O)[O-])cc(C(=O)O)c2)c1N.N#[N+]c1cc(C(=O)O)cc(C(=O)O)c1.NNc1cc(C(=O)O)cc(C(=O)O)c1.Nc1cc(C(=O)O)cc(C(=O)O)c1.O=N[O-].[C-]#[N+]C(=COCC)[N+]#[C-].[Na+].[Na+]. The number of carbonyl (C=O) groups excluding carboxylic acids is 3. The van der Waals surface area contributed by atoms with Crippen LogP contribution >= 0.6 is 0 Å². The quantitative estimate of drug-likeness (QED) is 0.00463. The Hall–Kier alpha value is -12.0. The van der Waals surface area contributed by atoms with E-state index >= 15 is 0 Å².